The third kappa shape index (κ3) is 4.68. The van der Waals surface area contributed by atoms with E-state index in [2.05, 4.69) is 15.5 Å². The fraction of sp³-hybridized carbons (Fsp3) is 0.350. The molecule has 0 radical (unpaired) electrons. The van der Waals surface area contributed by atoms with Gasteiger partial charge in [-0.15, -0.1) is 0 Å². The van der Waals surface area contributed by atoms with Gasteiger partial charge in [-0.2, -0.15) is 0 Å². The van der Waals surface area contributed by atoms with Gasteiger partial charge in [0, 0.05) is 31.1 Å². The second-order valence-electron chi connectivity index (χ2n) is 7.42. The number of aromatic nitrogens is 1. The molecule has 1 fully saturated rings. The highest BCUT2D eigenvalue weighted by Gasteiger charge is 2.42. The first-order chi connectivity index (χ1) is 14.5. The summed E-state index contributed by atoms with van der Waals surface area (Å²) in [6.07, 6.45) is -0.361. The number of anilines is 2. The number of amides is 1. The number of carbonyl (C=O) groups is 1. The molecular formula is C20H21ClF3N5O2. The Kier molecular flexibility index (Phi) is 6.30. The summed E-state index contributed by atoms with van der Waals surface area (Å²) < 4.78 is 41.7. The minimum Gasteiger partial charge on any atom is -0.409 e. The molecule has 1 saturated heterocycles. The van der Waals surface area contributed by atoms with Crippen LogP contribution in [0, 0.1) is 18.7 Å². The lowest BCUT2D eigenvalue weighted by atomic mass is 9.95. The molecule has 1 atom stereocenters. The molecule has 0 spiro atoms. The Morgan fingerprint density at radius 1 is 1.39 bits per heavy atom. The molecule has 2 heterocycles. The van der Waals surface area contributed by atoms with Crippen LogP contribution in [0.4, 0.5) is 24.7 Å². The van der Waals surface area contributed by atoms with Crippen molar-refractivity contribution in [3.05, 3.63) is 51.9 Å². The Balaban J connectivity index is 1.94. The van der Waals surface area contributed by atoms with Gasteiger partial charge in [0.05, 0.1) is 21.8 Å². The number of nitrogens with one attached hydrogen (secondary N) is 1. The summed E-state index contributed by atoms with van der Waals surface area (Å²) in [6, 6.07) is 4.97. The van der Waals surface area contributed by atoms with Crippen molar-refractivity contribution in [3.8, 4) is 0 Å². The molecule has 7 nitrogen and oxygen atoms in total. The van der Waals surface area contributed by atoms with Gasteiger partial charge in [0.2, 0.25) is 0 Å². The molecule has 1 aliphatic heterocycles. The number of nitrogens with two attached hydrogens (primary N) is 1. The summed E-state index contributed by atoms with van der Waals surface area (Å²) >= 11 is 6.16. The number of alkyl halides is 2. The second kappa shape index (κ2) is 8.62. The Morgan fingerprint density at radius 3 is 2.74 bits per heavy atom. The van der Waals surface area contributed by atoms with Crippen LogP contribution in [0.1, 0.15) is 35.0 Å². The minimum atomic E-state index is -2.79. The van der Waals surface area contributed by atoms with E-state index in [9.17, 15) is 18.0 Å². The van der Waals surface area contributed by atoms with Crippen molar-refractivity contribution in [2.75, 3.05) is 23.3 Å². The van der Waals surface area contributed by atoms with Crippen molar-refractivity contribution < 1.29 is 23.2 Å². The number of benzene rings is 1. The van der Waals surface area contributed by atoms with Gasteiger partial charge in [0.25, 0.3) is 11.8 Å². The maximum absolute atomic E-state index is 13.9. The number of amidine groups is 1. The number of pyridine rings is 1. The van der Waals surface area contributed by atoms with Crippen molar-refractivity contribution in [1.29, 1.82) is 0 Å². The number of halogens is 4. The average molecular weight is 456 g/mol. The topological polar surface area (TPSA) is 104 Å². The van der Waals surface area contributed by atoms with E-state index in [1.807, 2.05) is 0 Å². The van der Waals surface area contributed by atoms with Crippen LogP contribution in [0.25, 0.3) is 0 Å². The molecule has 1 unspecified atom stereocenters. The van der Waals surface area contributed by atoms with E-state index in [1.54, 1.807) is 11.8 Å². The Bertz CT molecular complexity index is 1050. The summed E-state index contributed by atoms with van der Waals surface area (Å²) in [4.78, 5) is 19.0. The number of oxime groups is 1. The van der Waals surface area contributed by atoms with E-state index in [1.165, 1.54) is 25.1 Å². The van der Waals surface area contributed by atoms with Gasteiger partial charge in [0.1, 0.15) is 11.6 Å². The first-order valence-corrected chi connectivity index (χ1v) is 9.80. The van der Waals surface area contributed by atoms with Crippen LogP contribution in [-0.4, -0.2) is 40.9 Å². The van der Waals surface area contributed by atoms with E-state index in [4.69, 9.17) is 22.5 Å². The predicted octanol–water partition coefficient (Wildman–Crippen LogP) is 4.01. The number of carbonyl (C=O) groups excluding carboxylic acids is 1. The van der Waals surface area contributed by atoms with Crippen molar-refractivity contribution in [2.45, 2.75) is 26.2 Å². The molecule has 4 N–H and O–H groups in total. The van der Waals surface area contributed by atoms with Crippen LogP contribution in [0.2, 0.25) is 5.02 Å². The lowest BCUT2D eigenvalue weighted by molar-refractivity contribution is -0.0652. The van der Waals surface area contributed by atoms with Gasteiger partial charge < -0.3 is 21.2 Å². The number of rotatable bonds is 4. The monoisotopic (exact) mass is 455 g/mol. The minimum absolute atomic E-state index is 0.0194. The first-order valence-electron chi connectivity index (χ1n) is 9.42. The molecule has 1 amide bonds. The quantitative estimate of drug-likeness (QED) is 0.280. The molecular weight excluding hydrogens is 435 g/mol. The normalized spacial score (nSPS) is 18.7. The first kappa shape index (κ1) is 22.7. The Hall–Kier alpha value is -3.01. The number of nitrogens with zero attached hydrogens (tertiary/aromatic N) is 3. The summed E-state index contributed by atoms with van der Waals surface area (Å²) in [5, 5.41) is 14.4. The number of hydrogen-bond donors (Lipinski definition) is 3. The zero-order chi connectivity index (χ0) is 22.9. The van der Waals surface area contributed by atoms with E-state index in [0.29, 0.717) is 5.69 Å². The van der Waals surface area contributed by atoms with E-state index in [0.717, 1.165) is 6.07 Å². The van der Waals surface area contributed by atoms with Gasteiger partial charge in [-0.25, -0.2) is 18.2 Å². The average Bonchev–Trinajstić information content (AvgIpc) is 2.72. The van der Waals surface area contributed by atoms with Gasteiger partial charge in [-0.3, -0.25) is 4.79 Å². The maximum Gasteiger partial charge on any atom is 0.259 e. The molecule has 0 saturated carbocycles. The van der Waals surface area contributed by atoms with Gasteiger partial charge in [0.15, 0.2) is 5.84 Å². The van der Waals surface area contributed by atoms with Crippen molar-refractivity contribution in [2.24, 2.45) is 16.8 Å². The molecule has 1 aromatic carbocycles. The van der Waals surface area contributed by atoms with Crippen LogP contribution in [-0.2, 0) is 0 Å². The highest BCUT2D eigenvalue weighted by Crippen LogP contribution is 2.36. The number of piperidine rings is 1. The molecule has 11 heteroatoms. The number of hydrogen-bond acceptors (Lipinski definition) is 5. The lowest BCUT2D eigenvalue weighted by Gasteiger charge is -2.38. The van der Waals surface area contributed by atoms with Gasteiger partial charge in [-0.05, 0) is 31.2 Å². The van der Waals surface area contributed by atoms with Crippen molar-refractivity contribution in [1.82, 2.24) is 4.98 Å². The van der Waals surface area contributed by atoms with E-state index < -0.39 is 29.4 Å². The predicted molar refractivity (Wildman–Crippen MR) is 112 cm³/mol. The highest BCUT2D eigenvalue weighted by atomic mass is 35.5. The van der Waals surface area contributed by atoms with Crippen LogP contribution in [0.5, 0.6) is 0 Å². The van der Waals surface area contributed by atoms with E-state index in [-0.39, 0.29) is 47.2 Å². The number of aryl methyl sites for hydroxylation is 1. The van der Waals surface area contributed by atoms with Crippen LogP contribution in [0.15, 0.2) is 29.4 Å². The molecule has 1 aliphatic rings. The largest absolute Gasteiger partial charge is 0.409 e. The molecule has 2 aromatic rings. The van der Waals surface area contributed by atoms with Crippen LogP contribution >= 0.6 is 11.6 Å². The smallest absolute Gasteiger partial charge is 0.259 e. The van der Waals surface area contributed by atoms with Crippen molar-refractivity contribution in [3.63, 3.8) is 0 Å². The summed E-state index contributed by atoms with van der Waals surface area (Å²) in [6.45, 7) is 3.14. The highest BCUT2D eigenvalue weighted by molar-refractivity contribution is 6.31. The lowest BCUT2D eigenvalue weighted by Crippen LogP contribution is -2.46. The standard InChI is InChI=1S/C20H21ClF3N5O2/c1-10-9-29(6-5-20(10,23)24)18-14(8-15(21)11(2)26-18)19(30)27-12-3-4-16(22)13(7-12)17(25)28-31/h3-4,7-8,10,31H,5-6,9H2,1-2H3,(H2,25,28)(H,27,30). The fourth-order valence-electron chi connectivity index (χ4n) is 3.31. The molecule has 1 aromatic heterocycles. The summed E-state index contributed by atoms with van der Waals surface area (Å²) in [5.74, 6) is -5.30. The molecule has 0 aliphatic carbocycles. The second-order valence-corrected chi connectivity index (χ2v) is 7.83. The van der Waals surface area contributed by atoms with Gasteiger partial charge >= 0.3 is 0 Å². The van der Waals surface area contributed by atoms with E-state index >= 15 is 0 Å². The Morgan fingerprint density at radius 2 is 2.10 bits per heavy atom. The zero-order valence-electron chi connectivity index (χ0n) is 16.8. The van der Waals surface area contributed by atoms with Crippen LogP contribution in [0.3, 0.4) is 0 Å². The SMILES string of the molecule is Cc1nc(N2CCC(F)(F)C(C)C2)c(C(=O)Nc2ccc(F)c(C(N)=NO)c2)cc1Cl. The van der Waals surface area contributed by atoms with Gasteiger partial charge in [-0.1, -0.05) is 23.7 Å². The third-order valence-corrected chi connectivity index (χ3v) is 5.60. The molecule has 0 bridgehead atoms. The molecule has 3 rings (SSSR count). The molecule has 31 heavy (non-hydrogen) atoms. The Labute approximate surface area is 181 Å². The van der Waals surface area contributed by atoms with Crippen LogP contribution < -0.4 is 16.0 Å². The molecule has 166 valence electrons. The maximum atomic E-state index is 13.9. The summed E-state index contributed by atoms with van der Waals surface area (Å²) in [7, 11) is 0. The summed E-state index contributed by atoms with van der Waals surface area (Å²) in [5.41, 5.74) is 5.96. The zero-order valence-corrected chi connectivity index (χ0v) is 17.6. The van der Waals surface area contributed by atoms with Crippen molar-refractivity contribution >= 4 is 34.8 Å². The third-order valence-electron chi connectivity index (χ3n) is 5.21. The fourth-order valence-corrected chi connectivity index (χ4v) is 3.46.